The van der Waals surface area contributed by atoms with Gasteiger partial charge >= 0.3 is 6.16 Å². The summed E-state index contributed by atoms with van der Waals surface area (Å²) in [6, 6.07) is 10.8. The minimum absolute atomic E-state index is 0.0413. The number of carbonyl (C=O) groups excluding carboxylic acids is 5. The number of hydrogen-bond acceptors (Lipinski definition) is 12. The van der Waals surface area contributed by atoms with Crippen LogP contribution in [-0.4, -0.2) is 101 Å². The number of ether oxygens (including phenoxy) is 4. The lowest BCUT2D eigenvalue weighted by molar-refractivity contribution is -0.177. The first kappa shape index (κ1) is 39.0. The minimum Gasteiger partial charge on any atom is -0.432 e. The summed E-state index contributed by atoms with van der Waals surface area (Å²) in [5.41, 5.74) is 4.26. The van der Waals surface area contributed by atoms with Crippen LogP contribution in [0.15, 0.2) is 36.4 Å². The number of benzene rings is 2. The Bertz CT molecular complexity index is 1590. The van der Waals surface area contributed by atoms with Crippen LogP contribution in [0.2, 0.25) is 0 Å². The lowest BCUT2D eigenvalue weighted by Crippen LogP contribution is -2.32. The molecule has 17 heteroatoms. The Kier molecular flexibility index (Phi) is 15.1. The predicted molar refractivity (Wildman–Crippen MR) is 175 cm³/mol. The zero-order chi connectivity index (χ0) is 36.0. The highest BCUT2D eigenvalue weighted by Crippen LogP contribution is 2.47. The van der Waals surface area contributed by atoms with E-state index in [0.29, 0.717) is 48.9 Å². The van der Waals surface area contributed by atoms with Crippen LogP contribution in [0.25, 0.3) is 11.1 Å². The second kappa shape index (κ2) is 18.9. The molecule has 0 bridgehead atoms. The van der Waals surface area contributed by atoms with Crippen LogP contribution < -0.4 is 10.6 Å². The van der Waals surface area contributed by atoms with Gasteiger partial charge in [-0.05, 0) is 59.4 Å². The molecule has 268 valence electrons. The van der Waals surface area contributed by atoms with Crippen molar-refractivity contribution in [3.63, 3.8) is 0 Å². The Morgan fingerprint density at radius 3 is 1.82 bits per heavy atom. The number of hydrogen-bond donors (Lipinski definition) is 3. The van der Waals surface area contributed by atoms with Gasteiger partial charge in [-0.15, -0.1) is 0 Å². The lowest BCUT2D eigenvalue weighted by Gasteiger charge is -2.17. The van der Waals surface area contributed by atoms with Gasteiger partial charge in [0.1, 0.15) is 19.8 Å². The van der Waals surface area contributed by atoms with Crippen LogP contribution in [0.3, 0.4) is 0 Å². The zero-order valence-corrected chi connectivity index (χ0v) is 28.3. The van der Waals surface area contributed by atoms with E-state index in [1.807, 2.05) is 19.1 Å². The first-order chi connectivity index (χ1) is 23.3. The standard InChI is InChI=1S/C31H37N3O10.CH4O3S/c1-3-4-13-41-18-27(35)32-20-6-8-22-23-9-7-21(33-28(36)19-42-14-5-12-40-2)16-25(23)26(24(22)15-20)17-43-31(39)44-34-29(37)10-11-30(34)38;1-5(2,3)4/h6-9,15-16,26H,3-5,10-14,17-19H2,1-2H3,(H,32,35)(H,33,36);1H3,(H,2,3,4). The number of rotatable bonds is 16. The number of amides is 4. The van der Waals surface area contributed by atoms with E-state index in [9.17, 15) is 32.4 Å². The average Bonchev–Trinajstić information content (AvgIpc) is 3.51. The van der Waals surface area contributed by atoms with Crippen LogP contribution in [-0.2, 0) is 53.1 Å². The molecule has 49 heavy (non-hydrogen) atoms. The SMILES string of the molecule is CCCCOCC(=O)Nc1ccc2c(c1)C(COC(=O)ON1C(=O)CCC1=O)c1cc(NC(=O)COCCCOC)ccc1-2.CS(=O)(=O)O. The van der Waals surface area contributed by atoms with Crippen molar-refractivity contribution in [3.05, 3.63) is 47.5 Å². The number of unbranched alkanes of at least 4 members (excludes halogenated alkanes) is 1. The summed E-state index contributed by atoms with van der Waals surface area (Å²) in [5.74, 6) is -2.39. The number of methoxy groups -OCH3 is 1. The summed E-state index contributed by atoms with van der Waals surface area (Å²) in [5, 5.41) is 6.07. The van der Waals surface area contributed by atoms with Crippen molar-refractivity contribution in [2.75, 3.05) is 63.6 Å². The van der Waals surface area contributed by atoms with Gasteiger partial charge in [0.05, 0.1) is 6.26 Å². The topological polar surface area (TPSA) is 213 Å². The molecule has 0 spiro atoms. The van der Waals surface area contributed by atoms with Crippen molar-refractivity contribution in [1.29, 1.82) is 0 Å². The molecular weight excluding hydrogens is 666 g/mol. The Labute approximate surface area is 284 Å². The Hall–Kier alpha value is -4.42. The Balaban J connectivity index is 0.00000121. The molecule has 1 atom stereocenters. The van der Waals surface area contributed by atoms with Crippen LogP contribution in [0.5, 0.6) is 0 Å². The van der Waals surface area contributed by atoms with E-state index in [-0.39, 0.29) is 44.5 Å². The van der Waals surface area contributed by atoms with Crippen molar-refractivity contribution in [3.8, 4) is 11.1 Å². The van der Waals surface area contributed by atoms with E-state index in [4.69, 9.17) is 28.3 Å². The molecule has 0 aromatic heterocycles. The van der Waals surface area contributed by atoms with Gasteiger partial charge < -0.3 is 29.6 Å². The van der Waals surface area contributed by atoms with Gasteiger partial charge in [0, 0.05) is 57.1 Å². The molecule has 4 amide bonds. The number of fused-ring (bicyclic) bond motifs is 3. The first-order valence-corrected chi connectivity index (χ1v) is 17.3. The number of imide groups is 1. The third kappa shape index (κ3) is 12.8. The van der Waals surface area contributed by atoms with Gasteiger partial charge in [-0.25, -0.2) is 4.79 Å². The summed E-state index contributed by atoms with van der Waals surface area (Å²) in [7, 11) is -2.07. The van der Waals surface area contributed by atoms with E-state index < -0.39 is 34.0 Å². The summed E-state index contributed by atoms with van der Waals surface area (Å²) < 4.78 is 47.0. The second-order valence-corrected chi connectivity index (χ2v) is 12.5. The molecule has 1 aliphatic heterocycles. The molecule has 1 aliphatic carbocycles. The summed E-state index contributed by atoms with van der Waals surface area (Å²) >= 11 is 0. The van der Waals surface area contributed by atoms with Gasteiger partial charge in [-0.3, -0.25) is 28.6 Å². The van der Waals surface area contributed by atoms with Crippen molar-refractivity contribution in [2.24, 2.45) is 0 Å². The van der Waals surface area contributed by atoms with Gasteiger partial charge in [0.25, 0.3) is 21.9 Å². The molecule has 1 heterocycles. The van der Waals surface area contributed by atoms with Gasteiger partial charge in [0.15, 0.2) is 0 Å². The van der Waals surface area contributed by atoms with E-state index in [0.717, 1.165) is 35.1 Å². The van der Waals surface area contributed by atoms with Crippen molar-refractivity contribution in [2.45, 2.75) is 44.9 Å². The number of nitrogens with one attached hydrogen (secondary N) is 2. The third-order valence-electron chi connectivity index (χ3n) is 7.00. The second-order valence-electron chi connectivity index (χ2n) is 11.0. The molecule has 1 saturated heterocycles. The molecule has 4 rings (SSSR count). The first-order valence-electron chi connectivity index (χ1n) is 15.5. The van der Waals surface area contributed by atoms with Crippen LogP contribution >= 0.6 is 0 Å². The summed E-state index contributed by atoms with van der Waals surface area (Å²) in [6.07, 6.45) is 1.92. The van der Waals surface area contributed by atoms with Crippen LogP contribution in [0, 0.1) is 0 Å². The molecule has 0 saturated carbocycles. The van der Waals surface area contributed by atoms with Gasteiger partial charge in [-0.2, -0.15) is 8.42 Å². The predicted octanol–water partition coefficient (Wildman–Crippen LogP) is 3.27. The van der Waals surface area contributed by atoms with Crippen LogP contribution in [0.4, 0.5) is 16.2 Å². The molecule has 1 unspecified atom stereocenters. The zero-order valence-electron chi connectivity index (χ0n) is 27.5. The normalized spacial score (nSPS) is 14.8. The monoisotopic (exact) mass is 707 g/mol. The molecule has 3 N–H and O–H groups in total. The highest BCUT2D eigenvalue weighted by Gasteiger charge is 2.35. The third-order valence-corrected chi connectivity index (χ3v) is 7.00. The van der Waals surface area contributed by atoms with Crippen molar-refractivity contribution in [1.82, 2.24) is 5.06 Å². The number of carbonyl (C=O) groups is 5. The summed E-state index contributed by atoms with van der Waals surface area (Å²) in [6.45, 7) is 3.04. The van der Waals surface area contributed by atoms with Gasteiger partial charge in [-0.1, -0.05) is 30.5 Å². The minimum atomic E-state index is -3.67. The molecule has 2 aromatic rings. The highest BCUT2D eigenvalue weighted by atomic mass is 32.2. The largest absolute Gasteiger partial charge is 0.533 e. The number of nitrogens with zero attached hydrogens (tertiary/aromatic N) is 1. The van der Waals surface area contributed by atoms with E-state index in [1.54, 1.807) is 31.4 Å². The Morgan fingerprint density at radius 2 is 1.35 bits per heavy atom. The molecule has 2 aromatic carbocycles. The Morgan fingerprint density at radius 1 is 0.857 bits per heavy atom. The molecular formula is C32H41N3O13S. The van der Waals surface area contributed by atoms with Crippen molar-refractivity contribution >= 4 is 51.3 Å². The lowest BCUT2D eigenvalue weighted by atomic mass is 9.97. The quantitative estimate of drug-likeness (QED) is 0.0990. The fourth-order valence-electron chi connectivity index (χ4n) is 4.88. The maximum Gasteiger partial charge on any atom is 0.533 e. The fourth-order valence-corrected chi connectivity index (χ4v) is 4.88. The summed E-state index contributed by atoms with van der Waals surface area (Å²) in [4.78, 5) is 66.0. The smallest absolute Gasteiger partial charge is 0.432 e. The highest BCUT2D eigenvalue weighted by molar-refractivity contribution is 7.85. The maximum atomic E-state index is 12.5. The number of hydroxylamine groups is 2. The van der Waals surface area contributed by atoms with Crippen LogP contribution in [0.1, 0.15) is 56.1 Å². The number of anilines is 2. The molecule has 2 aliphatic rings. The van der Waals surface area contributed by atoms with E-state index >= 15 is 0 Å². The molecule has 1 fully saturated rings. The van der Waals surface area contributed by atoms with E-state index in [2.05, 4.69) is 10.6 Å². The van der Waals surface area contributed by atoms with Crippen molar-refractivity contribution < 1.29 is 60.7 Å². The molecule has 16 nitrogen and oxygen atoms in total. The van der Waals surface area contributed by atoms with E-state index in [1.165, 1.54) is 0 Å². The van der Waals surface area contributed by atoms with Gasteiger partial charge in [0.2, 0.25) is 11.8 Å². The average molecular weight is 708 g/mol. The molecule has 0 radical (unpaired) electrons. The maximum absolute atomic E-state index is 12.5. The fraction of sp³-hybridized carbons (Fsp3) is 0.469.